The molecule has 2 nitrogen and oxygen atoms in total. The summed E-state index contributed by atoms with van der Waals surface area (Å²) in [4.78, 5) is 12.6. The summed E-state index contributed by atoms with van der Waals surface area (Å²) in [7, 11) is 0. The fourth-order valence-corrected chi connectivity index (χ4v) is 3.09. The van der Waals surface area contributed by atoms with Gasteiger partial charge in [-0.3, -0.25) is 4.79 Å². The molecule has 0 aromatic heterocycles. The van der Waals surface area contributed by atoms with E-state index >= 15 is 0 Å². The van der Waals surface area contributed by atoms with E-state index in [2.05, 4.69) is 6.92 Å². The average molecular weight is 312 g/mol. The van der Waals surface area contributed by atoms with E-state index in [1.54, 1.807) is 6.08 Å². The minimum atomic E-state index is -1.33. The van der Waals surface area contributed by atoms with Crippen molar-refractivity contribution in [1.29, 1.82) is 0 Å². The van der Waals surface area contributed by atoms with Crippen molar-refractivity contribution >= 4 is 11.4 Å². The van der Waals surface area contributed by atoms with Crippen molar-refractivity contribution in [3.63, 3.8) is 0 Å². The van der Waals surface area contributed by atoms with Crippen molar-refractivity contribution in [3.05, 3.63) is 54.1 Å². The summed E-state index contributed by atoms with van der Waals surface area (Å²) in [5.41, 5.74) is 0.854. The molecule has 1 aromatic rings. The molecule has 1 aromatic carbocycles. The average Bonchev–Trinajstić information content (AvgIpc) is 2.59. The molecule has 2 heteroatoms. The Morgan fingerprint density at radius 3 is 2.57 bits per heavy atom. The zero-order valence-electron chi connectivity index (χ0n) is 14.3. The second-order valence-corrected chi connectivity index (χ2v) is 6.60. The van der Waals surface area contributed by atoms with E-state index in [1.807, 2.05) is 49.4 Å². The maximum Gasteiger partial charge on any atom is 0.171 e. The van der Waals surface area contributed by atoms with E-state index in [0.717, 1.165) is 24.0 Å². The van der Waals surface area contributed by atoms with Gasteiger partial charge >= 0.3 is 0 Å². The highest BCUT2D eigenvalue weighted by atomic mass is 16.3. The quantitative estimate of drug-likeness (QED) is 0.691. The maximum absolute atomic E-state index is 12.6. The molecule has 0 heterocycles. The molecule has 23 heavy (non-hydrogen) atoms. The summed E-state index contributed by atoms with van der Waals surface area (Å²) in [6, 6.07) is 10.1. The van der Waals surface area contributed by atoms with Crippen LogP contribution in [0.1, 0.15) is 57.9 Å². The van der Waals surface area contributed by atoms with Crippen molar-refractivity contribution < 1.29 is 9.90 Å². The number of rotatable bonds is 8. The Balaban J connectivity index is 1.95. The first-order valence-electron chi connectivity index (χ1n) is 8.78. The molecule has 0 saturated carbocycles. The smallest absolute Gasteiger partial charge is 0.171 e. The number of allylic oxidation sites excluding steroid dienone is 2. The molecule has 0 bridgehead atoms. The van der Waals surface area contributed by atoms with Gasteiger partial charge in [-0.2, -0.15) is 0 Å². The third-order valence-corrected chi connectivity index (χ3v) is 4.64. The van der Waals surface area contributed by atoms with E-state index in [1.165, 1.54) is 19.3 Å². The standard InChI is InChI=1S/C21H28O2/c1-3-4-5-7-10-17(2)20(22)21(23)15-13-19(14-16-21)18-11-8-6-9-12-18/h6,8-9,11-15,17,23H,3-5,7,10,16H2,1-2H3/t17?,21-/m1/s1. The predicted molar refractivity (Wildman–Crippen MR) is 96.1 cm³/mol. The van der Waals surface area contributed by atoms with Crippen molar-refractivity contribution in [2.24, 2.45) is 5.92 Å². The lowest BCUT2D eigenvalue weighted by Crippen LogP contribution is -2.40. The lowest BCUT2D eigenvalue weighted by molar-refractivity contribution is -0.136. The van der Waals surface area contributed by atoms with Crippen LogP contribution in [0.4, 0.5) is 0 Å². The summed E-state index contributed by atoms with van der Waals surface area (Å²) in [6.45, 7) is 4.12. The first-order valence-corrected chi connectivity index (χ1v) is 8.78. The second-order valence-electron chi connectivity index (χ2n) is 6.60. The number of Topliss-reactive ketones (excluding diaryl/α,β-unsaturated/α-hetero) is 1. The Morgan fingerprint density at radius 2 is 1.96 bits per heavy atom. The third-order valence-electron chi connectivity index (χ3n) is 4.64. The van der Waals surface area contributed by atoms with Crippen LogP contribution in [0, 0.1) is 5.92 Å². The van der Waals surface area contributed by atoms with Crippen LogP contribution in [-0.2, 0) is 4.79 Å². The first-order chi connectivity index (χ1) is 11.1. The van der Waals surface area contributed by atoms with Crippen LogP contribution in [-0.4, -0.2) is 16.5 Å². The van der Waals surface area contributed by atoms with E-state index in [0.29, 0.717) is 6.42 Å². The number of benzene rings is 1. The number of unbranched alkanes of at least 4 members (excludes halogenated alkanes) is 3. The van der Waals surface area contributed by atoms with Gasteiger partial charge < -0.3 is 5.11 Å². The van der Waals surface area contributed by atoms with E-state index < -0.39 is 5.60 Å². The van der Waals surface area contributed by atoms with Gasteiger partial charge in [0.25, 0.3) is 0 Å². The van der Waals surface area contributed by atoms with Gasteiger partial charge in [0.1, 0.15) is 5.60 Å². The monoisotopic (exact) mass is 312 g/mol. The SMILES string of the molecule is CCCCCCC(C)C(=O)[C@@]1(O)C=CC(c2ccccc2)=CC1. The highest BCUT2D eigenvalue weighted by molar-refractivity contribution is 5.93. The zero-order chi connectivity index (χ0) is 16.7. The first kappa shape index (κ1) is 17.7. The molecule has 124 valence electrons. The lowest BCUT2D eigenvalue weighted by atomic mass is 9.80. The summed E-state index contributed by atoms with van der Waals surface area (Å²) in [5, 5.41) is 10.7. The molecule has 0 saturated heterocycles. The highest BCUT2D eigenvalue weighted by Crippen LogP contribution is 2.30. The molecule has 1 aliphatic carbocycles. The lowest BCUT2D eigenvalue weighted by Gasteiger charge is -2.28. The minimum absolute atomic E-state index is 0.0476. The van der Waals surface area contributed by atoms with Crippen LogP contribution in [0.2, 0.25) is 0 Å². The number of hydrogen-bond acceptors (Lipinski definition) is 2. The molecular weight excluding hydrogens is 284 g/mol. The van der Waals surface area contributed by atoms with Gasteiger partial charge in [0.05, 0.1) is 0 Å². The van der Waals surface area contributed by atoms with Crippen molar-refractivity contribution in [1.82, 2.24) is 0 Å². The number of carbonyl (C=O) groups excluding carboxylic acids is 1. The largest absolute Gasteiger partial charge is 0.378 e. The molecular formula is C21H28O2. The molecule has 2 rings (SSSR count). The number of carbonyl (C=O) groups is 1. The van der Waals surface area contributed by atoms with Crippen molar-refractivity contribution in [3.8, 4) is 0 Å². The molecule has 2 atom stereocenters. The zero-order valence-corrected chi connectivity index (χ0v) is 14.3. The molecule has 1 N–H and O–H groups in total. The molecule has 1 aliphatic rings. The highest BCUT2D eigenvalue weighted by Gasteiger charge is 2.36. The van der Waals surface area contributed by atoms with Gasteiger partial charge in [0.2, 0.25) is 0 Å². The van der Waals surface area contributed by atoms with Crippen LogP contribution < -0.4 is 0 Å². The Morgan fingerprint density at radius 1 is 1.22 bits per heavy atom. The topological polar surface area (TPSA) is 37.3 Å². The van der Waals surface area contributed by atoms with E-state index in [-0.39, 0.29) is 11.7 Å². The van der Waals surface area contributed by atoms with Gasteiger partial charge in [0.15, 0.2) is 5.78 Å². The summed E-state index contributed by atoms with van der Waals surface area (Å²) < 4.78 is 0. The molecule has 0 radical (unpaired) electrons. The van der Waals surface area contributed by atoms with Crippen molar-refractivity contribution in [2.45, 2.75) is 58.0 Å². The van der Waals surface area contributed by atoms with Gasteiger partial charge in [-0.25, -0.2) is 0 Å². The Hall–Kier alpha value is -1.67. The summed E-state index contributed by atoms with van der Waals surface area (Å²) in [6.07, 6.45) is 11.4. The molecule has 0 amide bonds. The van der Waals surface area contributed by atoms with Crippen LogP contribution in [0.15, 0.2) is 48.6 Å². The molecule has 1 unspecified atom stereocenters. The molecule has 0 aliphatic heterocycles. The predicted octanol–water partition coefficient (Wildman–Crippen LogP) is 4.94. The van der Waals surface area contributed by atoms with Crippen molar-refractivity contribution in [2.75, 3.05) is 0 Å². The third kappa shape index (κ3) is 4.65. The molecule has 0 spiro atoms. The van der Waals surface area contributed by atoms with Gasteiger partial charge in [-0.15, -0.1) is 0 Å². The maximum atomic E-state index is 12.6. The Kier molecular flexibility index (Phi) is 6.35. The van der Waals surface area contributed by atoms with E-state index in [9.17, 15) is 9.90 Å². The van der Waals surface area contributed by atoms with Crippen LogP contribution >= 0.6 is 0 Å². The van der Waals surface area contributed by atoms with Gasteiger partial charge in [-0.1, -0.05) is 82.0 Å². The minimum Gasteiger partial charge on any atom is -0.378 e. The van der Waals surface area contributed by atoms with Crippen LogP contribution in [0.5, 0.6) is 0 Å². The Bertz CT molecular complexity index is 571. The number of ketones is 1. The number of hydrogen-bond donors (Lipinski definition) is 1. The fourth-order valence-electron chi connectivity index (χ4n) is 3.09. The van der Waals surface area contributed by atoms with Gasteiger partial charge in [0, 0.05) is 12.3 Å². The summed E-state index contributed by atoms with van der Waals surface area (Å²) in [5.74, 6) is -0.137. The fraction of sp³-hybridized carbons (Fsp3) is 0.476. The van der Waals surface area contributed by atoms with Crippen LogP contribution in [0.3, 0.4) is 0 Å². The normalized spacial score (nSPS) is 21.8. The second kappa shape index (κ2) is 8.26. The van der Waals surface area contributed by atoms with Gasteiger partial charge in [-0.05, 0) is 23.6 Å². The number of aliphatic hydroxyl groups is 1. The Labute approximate surface area is 139 Å². The van der Waals surface area contributed by atoms with E-state index in [4.69, 9.17) is 0 Å². The summed E-state index contributed by atoms with van der Waals surface area (Å²) >= 11 is 0. The molecule has 0 fully saturated rings. The van der Waals surface area contributed by atoms with Crippen LogP contribution in [0.25, 0.3) is 5.57 Å².